The molecule has 0 radical (unpaired) electrons. The number of hydrogen-bond acceptors (Lipinski definition) is 4. The largest absolute Gasteiger partial charge is 0.383 e. The molecule has 20 heavy (non-hydrogen) atoms. The first-order valence-corrected chi connectivity index (χ1v) is 6.64. The van der Waals surface area contributed by atoms with Crippen LogP contribution in [0.25, 0.3) is 10.9 Å². The van der Waals surface area contributed by atoms with E-state index in [-0.39, 0.29) is 5.91 Å². The molecule has 5 heteroatoms. The Morgan fingerprint density at radius 3 is 2.95 bits per heavy atom. The number of nitrogens with one attached hydrogen (secondary N) is 2. The van der Waals surface area contributed by atoms with E-state index in [1.807, 2.05) is 30.3 Å². The zero-order chi connectivity index (χ0) is 14.2. The Labute approximate surface area is 118 Å². The zero-order valence-electron chi connectivity index (χ0n) is 11.6. The monoisotopic (exact) mass is 273 g/mol. The fraction of sp³-hybridized carbons (Fsp3) is 0.333. The maximum absolute atomic E-state index is 12.2. The number of amides is 1. The van der Waals surface area contributed by atoms with E-state index in [0.29, 0.717) is 18.7 Å². The van der Waals surface area contributed by atoms with Crippen molar-refractivity contribution in [3.63, 3.8) is 0 Å². The zero-order valence-corrected chi connectivity index (χ0v) is 11.6. The van der Waals surface area contributed by atoms with Gasteiger partial charge in [-0.15, -0.1) is 0 Å². The molecule has 0 spiro atoms. The van der Waals surface area contributed by atoms with Crippen LogP contribution in [0.15, 0.2) is 36.5 Å². The number of nitrogens with zero attached hydrogens (tertiary/aromatic N) is 1. The third kappa shape index (κ3) is 3.76. The topological polar surface area (TPSA) is 63.2 Å². The molecule has 1 aromatic heterocycles. The Morgan fingerprint density at radius 1 is 1.20 bits per heavy atom. The second kappa shape index (κ2) is 7.57. The van der Waals surface area contributed by atoms with Crippen molar-refractivity contribution in [1.82, 2.24) is 15.6 Å². The van der Waals surface area contributed by atoms with Crippen LogP contribution in [0.2, 0.25) is 0 Å². The molecule has 1 aromatic carbocycles. The predicted molar refractivity (Wildman–Crippen MR) is 78.8 cm³/mol. The molecule has 1 heterocycles. The van der Waals surface area contributed by atoms with Crippen LogP contribution in [0, 0.1) is 0 Å². The van der Waals surface area contributed by atoms with Crippen LogP contribution >= 0.6 is 0 Å². The molecule has 0 unspecified atom stereocenters. The first-order chi connectivity index (χ1) is 9.83. The molecule has 0 fully saturated rings. The van der Waals surface area contributed by atoms with Gasteiger partial charge in [0.1, 0.15) is 0 Å². The van der Waals surface area contributed by atoms with Gasteiger partial charge in [0.2, 0.25) is 0 Å². The lowest BCUT2D eigenvalue weighted by Gasteiger charge is -2.08. The predicted octanol–water partition coefficient (Wildman–Crippen LogP) is 1.20. The number of carbonyl (C=O) groups is 1. The summed E-state index contributed by atoms with van der Waals surface area (Å²) in [4.78, 5) is 16.4. The van der Waals surface area contributed by atoms with Crippen LogP contribution in [0.5, 0.6) is 0 Å². The summed E-state index contributed by atoms with van der Waals surface area (Å²) in [7, 11) is 1.66. The summed E-state index contributed by atoms with van der Waals surface area (Å²) in [6, 6.07) is 9.32. The van der Waals surface area contributed by atoms with Gasteiger partial charge in [0, 0.05) is 43.9 Å². The third-order valence-electron chi connectivity index (χ3n) is 2.96. The fourth-order valence-corrected chi connectivity index (χ4v) is 1.96. The standard InChI is InChI=1S/C15H19N3O2/c1-20-11-10-16-8-9-18-15(19)13-4-2-6-14-12(13)5-3-7-17-14/h2-7,16H,8-11H2,1H3,(H,18,19). The van der Waals surface area contributed by atoms with E-state index < -0.39 is 0 Å². The summed E-state index contributed by atoms with van der Waals surface area (Å²) in [5.74, 6) is -0.0721. The van der Waals surface area contributed by atoms with E-state index in [9.17, 15) is 4.79 Å². The second-order valence-electron chi connectivity index (χ2n) is 4.37. The number of carbonyl (C=O) groups excluding carboxylic acids is 1. The van der Waals surface area contributed by atoms with E-state index in [1.54, 1.807) is 13.3 Å². The number of benzene rings is 1. The summed E-state index contributed by atoms with van der Waals surface area (Å²) in [6.07, 6.45) is 1.73. The van der Waals surface area contributed by atoms with E-state index in [2.05, 4.69) is 15.6 Å². The third-order valence-corrected chi connectivity index (χ3v) is 2.96. The van der Waals surface area contributed by atoms with Gasteiger partial charge in [-0.1, -0.05) is 12.1 Å². The lowest BCUT2D eigenvalue weighted by molar-refractivity contribution is 0.0955. The van der Waals surface area contributed by atoms with Crippen molar-refractivity contribution < 1.29 is 9.53 Å². The average Bonchev–Trinajstić information content (AvgIpc) is 2.50. The summed E-state index contributed by atoms with van der Waals surface area (Å²) < 4.78 is 4.93. The van der Waals surface area contributed by atoms with Crippen molar-refractivity contribution in [2.45, 2.75) is 0 Å². The maximum Gasteiger partial charge on any atom is 0.252 e. The Bertz CT molecular complexity index is 567. The molecule has 0 saturated heterocycles. The van der Waals surface area contributed by atoms with Crippen LogP contribution in [-0.2, 0) is 4.74 Å². The van der Waals surface area contributed by atoms with Crippen LogP contribution in [0.1, 0.15) is 10.4 Å². The van der Waals surface area contributed by atoms with Gasteiger partial charge in [-0.3, -0.25) is 9.78 Å². The highest BCUT2D eigenvalue weighted by atomic mass is 16.5. The molecular weight excluding hydrogens is 254 g/mol. The van der Waals surface area contributed by atoms with Gasteiger partial charge in [-0.05, 0) is 18.2 Å². The number of rotatable bonds is 7. The molecule has 106 valence electrons. The van der Waals surface area contributed by atoms with E-state index in [4.69, 9.17) is 4.74 Å². The number of pyridine rings is 1. The molecule has 0 aliphatic carbocycles. The SMILES string of the molecule is COCCNCCNC(=O)c1cccc2ncccc12. The lowest BCUT2D eigenvalue weighted by Crippen LogP contribution is -2.33. The molecule has 0 bridgehead atoms. The first kappa shape index (κ1) is 14.4. The maximum atomic E-state index is 12.2. The Morgan fingerprint density at radius 2 is 2.10 bits per heavy atom. The quantitative estimate of drug-likeness (QED) is 0.744. The van der Waals surface area contributed by atoms with Gasteiger partial charge in [0.05, 0.1) is 12.1 Å². The van der Waals surface area contributed by atoms with Gasteiger partial charge in [0.25, 0.3) is 5.91 Å². The Kier molecular flexibility index (Phi) is 5.46. The highest BCUT2D eigenvalue weighted by Gasteiger charge is 2.08. The molecule has 2 aromatic rings. The van der Waals surface area contributed by atoms with Crippen molar-refractivity contribution in [2.75, 3.05) is 33.4 Å². The Hall–Kier alpha value is -1.98. The van der Waals surface area contributed by atoms with Gasteiger partial charge < -0.3 is 15.4 Å². The summed E-state index contributed by atoms with van der Waals surface area (Å²) >= 11 is 0. The molecule has 0 atom stereocenters. The van der Waals surface area contributed by atoms with E-state index in [0.717, 1.165) is 24.0 Å². The van der Waals surface area contributed by atoms with E-state index in [1.165, 1.54) is 0 Å². The van der Waals surface area contributed by atoms with Crippen LogP contribution in [-0.4, -0.2) is 44.2 Å². The molecule has 5 nitrogen and oxygen atoms in total. The number of ether oxygens (including phenoxy) is 1. The summed E-state index contributed by atoms with van der Waals surface area (Å²) in [6.45, 7) is 2.75. The molecule has 2 rings (SSSR count). The minimum atomic E-state index is -0.0721. The van der Waals surface area contributed by atoms with Crippen molar-refractivity contribution in [3.8, 4) is 0 Å². The van der Waals surface area contributed by atoms with Crippen molar-refractivity contribution in [2.24, 2.45) is 0 Å². The average molecular weight is 273 g/mol. The second-order valence-corrected chi connectivity index (χ2v) is 4.37. The van der Waals surface area contributed by atoms with Gasteiger partial charge in [-0.2, -0.15) is 0 Å². The highest BCUT2D eigenvalue weighted by molar-refractivity contribution is 6.06. The van der Waals surface area contributed by atoms with Gasteiger partial charge >= 0.3 is 0 Å². The fourth-order valence-electron chi connectivity index (χ4n) is 1.96. The molecule has 2 N–H and O–H groups in total. The molecule has 0 aliphatic rings. The van der Waals surface area contributed by atoms with Crippen LogP contribution < -0.4 is 10.6 Å². The number of methoxy groups -OCH3 is 1. The normalized spacial score (nSPS) is 10.7. The van der Waals surface area contributed by atoms with Crippen molar-refractivity contribution in [1.29, 1.82) is 0 Å². The number of aromatic nitrogens is 1. The Balaban J connectivity index is 1.91. The molecule has 1 amide bonds. The summed E-state index contributed by atoms with van der Waals surface area (Å²) in [5, 5.41) is 6.95. The number of fused-ring (bicyclic) bond motifs is 1. The number of hydrogen-bond donors (Lipinski definition) is 2. The smallest absolute Gasteiger partial charge is 0.252 e. The molecular formula is C15H19N3O2. The van der Waals surface area contributed by atoms with E-state index >= 15 is 0 Å². The minimum absolute atomic E-state index is 0.0721. The first-order valence-electron chi connectivity index (χ1n) is 6.64. The van der Waals surface area contributed by atoms with Gasteiger partial charge in [-0.25, -0.2) is 0 Å². The summed E-state index contributed by atoms with van der Waals surface area (Å²) in [5.41, 5.74) is 1.49. The van der Waals surface area contributed by atoms with Crippen molar-refractivity contribution in [3.05, 3.63) is 42.1 Å². The lowest BCUT2D eigenvalue weighted by atomic mass is 10.1. The van der Waals surface area contributed by atoms with Gasteiger partial charge in [0.15, 0.2) is 0 Å². The van der Waals surface area contributed by atoms with Crippen molar-refractivity contribution >= 4 is 16.8 Å². The highest BCUT2D eigenvalue weighted by Crippen LogP contribution is 2.15. The molecule has 0 saturated carbocycles. The van der Waals surface area contributed by atoms with Crippen LogP contribution in [0.3, 0.4) is 0 Å². The van der Waals surface area contributed by atoms with Crippen LogP contribution in [0.4, 0.5) is 0 Å². The molecule has 0 aliphatic heterocycles. The minimum Gasteiger partial charge on any atom is -0.383 e.